The smallest absolute Gasteiger partial charge is 0.119 e. The first-order valence-corrected chi connectivity index (χ1v) is 6.94. The summed E-state index contributed by atoms with van der Waals surface area (Å²) in [5.41, 5.74) is 2.40. The Morgan fingerprint density at radius 2 is 1.55 bits per heavy atom. The summed E-state index contributed by atoms with van der Waals surface area (Å²) in [5.74, 6) is 1.73. The van der Waals surface area contributed by atoms with Crippen molar-refractivity contribution in [1.29, 1.82) is 0 Å². The lowest BCUT2D eigenvalue weighted by molar-refractivity contribution is 0.326. The fourth-order valence-electron chi connectivity index (χ4n) is 1.92. The molecule has 0 spiro atoms. The second-order valence-corrected chi connectivity index (χ2v) is 4.49. The third kappa shape index (κ3) is 4.19. The van der Waals surface area contributed by atoms with E-state index in [1.54, 1.807) is 0 Å². The molecule has 0 heterocycles. The monoisotopic (exact) mass is 271 g/mol. The van der Waals surface area contributed by atoms with E-state index in [4.69, 9.17) is 9.47 Å². The maximum atomic E-state index is 5.68. The van der Waals surface area contributed by atoms with E-state index in [0.29, 0.717) is 13.2 Å². The lowest BCUT2D eigenvalue weighted by Gasteiger charge is -2.11. The molecule has 106 valence electrons. The van der Waals surface area contributed by atoms with E-state index in [1.165, 1.54) is 5.56 Å². The first-order chi connectivity index (χ1) is 9.79. The molecule has 0 fully saturated rings. The summed E-state index contributed by atoms with van der Waals surface area (Å²) < 4.78 is 11.1. The molecule has 0 atom stereocenters. The lowest BCUT2D eigenvalue weighted by Crippen LogP contribution is -2.12. The predicted molar refractivity (Wildman–Crippen MR) is 82.8 cm³/mol. The van der Waals surface area contributed by atoms with Gasteiger partial charge in [0.15, 0.2) is 0 Å². The van der Waals surface area contributed by atoms with Crippen molar-refractivity contribution >= 4 is 5.69 Å². The van der Waals surface area contributed by atoms with Crippen molar-refractivity contribution in [2.45, 2.75) is 13.8 Å². The van der Waals surface area contributed by atoms with Crippen LogP contribution in [-0.4, -0.2) is 19.8 Å². The summed E-state index contributed by atoms with van der Waals surface area (Å²) in [6, 6.07) is 15.9. The molecule has 0 amide bonds. The van der Waals surface area contributed by atoms with Crippen LogP contribution in [0.5, 0.6) is 11.5 Å². The Hall–Kier alpha value is -2.16. The van der Waals surface area contributed by atoms with Gasteiger partial charge in [0.1, 0.15) is 18.1 Å². The summed E-state index contributed by atoms with van der Waals surface area (Å²) in [4.78, 5) is 0. The molecule has 0 unspecified atom stereocenters. The summed E-state index contributed by atoms with van der Waals surface area (Å²) in [7, 11) is 0. The van der Waals surface area contributed by atoms with Gasteiger partial charge >= 0.3 is 0 Å². The zero-order valence-corrected chi connectivity index (χ0v) is 12.1. The van der Waals surface area contributed by atoms with Gasteiger partial charge in [-0.15, -0.1) is 0 Å². The van der Waals surface area contributed by atoms with Crippen molar-refractivity contribution < 1.29 is 9.47 Å². The van der Waals surface area contributed by atoms with Crippen LogP contribution in [0.2, 0.25) is 0 Å². The summed E-state index contributed by atoms with van der Waals surface area (Å²) >= 11 is 0. The second-order valence-electron chi connectivity index (χ2n) is 4.49. The van der Waals surface area contributed by atoms with Crippen LogP contribution in [0.1, 0.15) is 12.5 Å². The van der Waals surface area contributed by atoms with Gasteiger partial charge in [0.05, 0.1) is 6.61 Å². The number of nitrogens with one attached hydrogen (secondary N) is 1. The third-order valence-corrected chi connectivity index (χ3v) is 2.97. The van der Waals surface area contributed by atoms with Crippen molar-refractivity contribution in [3.05, 3.63) is 54.1 Å². The predicted octanol–water partition coefficient (Wildman–Crippen LogP) is 3.88. The molecule has 0 bridgehead atoms. The number of hydrogen-bond donors (Lipinski definition) is 1. The summed E-state index contributed by atoms with van der Waals surface area (Å²) in [6.45, 7) is 6.15. The standard InChI is InChI=1S/C17H21NO2/c1-3-19-15-8-10-16(11-9-15)20-13-12-18-17-7-5-4-6-14(17)2/h4-11,18H,3,12-13H2,1-2H3. The number of aryl methyl sites for hydroxylation is 1. The number of benzene rings is 2. The Kier molecular flexibility index (Phi) is 5.30. The molecule has 2 aromatic rings. The minimum atomic E-state index is 0.627. The molecule has 20 heavy (non-hydrogen) atoms. The van der Waals surface area contributed by atoms with E-state index in [9.17, 15) is 0 Å². The van der Waals surface area contributed by atoms with E-state index in [-0.39, 0.29) is 0 Å². The first-order valence-electron chi connectivity index (χ1n) is 6.94. The fraction of sp³-hybridized carbons (Fsp3) is 0.294. The van der Waals surface area contributed by atoms with Gasteiger partial charge in [-0.2, -0.15) is 0 Å². The van der Waals surface area contributed by atoms with Crippen LogP contribution in [0.4, 0.5) is 5.69 Å². The average Bonchev–Trinajstić information content (AvgIpc) is 2.47. The van der Waals surface area contributed by atoms with Crippen LogP contribution in [0, 0.1) is 6.92 Å². The van der Waals surface area contributed by atoms with E-state index >= 15 is 0 Å². The van der Waals surface area contributed by atoms with Crippen LogP contribution in [0.15, 0.2) is 48.5 Å². The molecule has 0 aliphatic carbocycles. The fourth-order valence-corrected chi connectivity index (χ4v) is 1.92. The highest BCUT2D eigenvalue weighted by molar-refractivity contribution is 5.50. The quantitative estimate of drug-likeness (QED) is 0.775. The average molecular weight is 271 g/mol. The zero-order chi connectivity index (χ0) is 14.2. The van der Waals surface area contributed by atoms with Gasteiger partial charge in [-0.3, -0.25) is 0 Å². The molecule has 3 heteroatoms. The largest absolute Gasteiger partial charge is 0.494 e. The van der Waals surface area contributed by atoms with E-state index in [0.717, 1.165) is 23.7 Å². The molecule has 0 saturated carbocycles. The molecule has 0 aliphatic heterocycles. The topological polar surface area (TPSA) is 30.5 Å². The molecule has 0 aromatic heterocycles. The molecule has 2 rings (SSSR count). The Morgan fingerprint density at radius 3 is 2.20 bits per heavy atom. The van der Waals surface area contributed by atoms with Gasteiger partial charge in [0, 0.05) is 12.2 Å². The van der Waals surface area contributed by atoms with Crippen molar-refractivity contribution in [1.82, 2.24) is 0 Å². The Balaban J connectivity index is 1.74. The Morgan fingerprint density at radius 1 is 0.900 bits per heavy atom. The van der Waals surface area contributed by atoms with Crippen molar-refractivity contribution in [3.63, 3.8) is 0 Å². The highest BCUT2D eigenvalue weighted by Gasteiger charge is 1.97. The normalized spacial score (nSPS) is 10.1. The van der Waals surface area contributed by atoms with Crippen molar-refractivity contribution in [3.8, 4) is 11.5 Å². The van der Waals surface area contributed by atoms with Gasteiger partial charge in [-0.1, -0.05) is 18.2 Å². The minimum Gasteiger partial charge on any atom is -0.494 e. The number of hydrogen-bond acceptors (Lipinski definition) is 3. The molecule has 0 radical (unpaired) electrons. The van der Waals surface area contributed by atoms with Gasteiger partial charge in [-0.05, 0) is 49.7 Å². The lowest BCUT2D eigenvalue weighted by atomic mass is 10.2. The van der Waals surface area contributed by atoms with Gasteiger partial charge in [0.2, 0.25) is 0 Å². The van der Waals surface area contributed by atoms with Crippen LogP contribution < -0.4 is 14.8 Å². The molecule has 2 aromatic carbocycles. The number of para-hydroxylation sites is 1. The van der Waals surface area contributed by atoms with E-state index in [2.05, 4.69) is 24.4 Å². The van der Waals surface area contributed by atoms with E-state index < -0.39 is 0 Å². The molecular weight excluding hydrogens is 250 g/mol. The number of anilines is 1. The van der Waals surface area contributed by atoms with Crippen molar-refractivity contribution in [2.24, 2.45) is 0 Å². The van der Waals surface area contributed by atoms with Crippen LogP contribution >= 0.6 is 0 Å². The minimum absolute atomic E-state index is 0.627. The molecular formula is C17H21NO2. The third-order valence-electron chi connectivity index (χ3n) is 2.97. The van der Waals surface area contributed by atoms with Gasteiger partial charge < -0.3 is 14.8 Å². The SMILES string of the molecule is CCOc1ccc(OCCNc2ccccc2C)cc1. The highest BCUT2D eigenvalue weighted by Crippen LogP contribution is 2.17. The first kappa shape index (κ1) is 14.3. The Bertz CT molecular complexity index is 523. The molecule has 0 saturated heterocycles. The number of rotatable bonds is 7. The van der Waals surface area contributed by atoms with Gasteiger partial charge in [-0.25, -0.2) is 0 Å². The molecule has 0 aliphatic rings. The van der Waals surface area contributed by atoms with Crippen LogP contribution in [-0.2, 0) is 0 Å². The van der Waals surface area contributed by atoms with E-state index in [1.807, 2.05) is 43.3 Å². The van der Waals surface area contributed by atoms with Crippen LogP contribution in [0.3, 0.4) is 0 Å². The second kappa shape index (κ2) is 7.43. The zero-order valence-electron chi connectivity index (χ0n) is 12.1. The maximum absolute atomic E-state index is 5.68. The molecule has 1 N–H and O–H groups in total. The summed E-state index contributed by atoms with van der Waals surface area (Å²) in [6.07, 6.45) is 0. The summed E-state index contributed by atoms with van der Waals surface area (Å²) in [5, 5.41) is 3.37. The van der Waals surface area contributed by atoms with Gasteiger partial charge in [0.25, 0.3) is 0 Å². The maximum Gasteiger partial charge on any atom is 0.119 e. The molecule has 3 nitrogen and oxygen atoms in total. The van der Waals surface area contributed by atoms with Crippen LogP contribution in [0.25, 0.3) is 0 Å². The Labute approximate surface area is 120 Å². The number of ether oxygens (including phenoxy) is 2. The highest BCUT2D eigenvalue weighted by atomic mass is 16.5. The van der Waals surface area contributed by atoms with Crippen molar-refractivity contribution in [2.75, 3.05) is 25.1 Å².